The molecule has 22 heavy (non-hydrogen) atoms. The van der Waals surface area contributed by atoms with Crippen LogP contribution >= 0.6 is 0 Å². The topological polar surface area (TPSA) is 90.3 Å². The molecule has 0 bridgehead atoms. The highest BCUT2D eigenvalue weighted by atomic mass is 16.4. The van der Waals surface area contributed by atoms with Crippen molar-refractivity contribution in [3.8, 4) is 0 Å². The number of hydrogen-bond donors (Lipinski definition) is 2. The summed E-state index contributed by atoms with van der Waals surface area (Å²) in [5.74, 6) is -0.636. The molecular weight excluding hydrogens is 282 g/mol. The van der Waals surface area contributed by atoms with E-state index in [9.17, 15) is 9.59 Å². The lowest BCUT2D eigenvalue weighted by Gasteiger charge is -2.06. The minimum Gasteiger partial charge on any atom is -0.408 e. The number of para-hydroxylation sites is 2. The molecule has 0 atom stereocenters. The maximum absolute atomic E-state index is 12.0. The molecule has 0 radical (unpaired) electrons. The van der Waals surface area contributed by atoms with E-state index in [-0.39, 0.29) is 18.9 Å². The van der Waals surface area contributed by atoms with Crippen molar-refractivity contribution in [3.05, 3.63) is 59.1 Å². The van der Waals surface area contributed by atoms with Crippen molar-refractivity contribution in [2.24, 2.45) is 0 Å². The fraction of sp³-hybridized carbons (Fsp3) is 0.125. The average molecular weight is 297 g/mol. The Morgan fingerprint density at radius 1 is 1.14 bits per heavy atom. The molecule has 6 heteroatoms. The second kappa shape index (κ2) is 5.77. The minimum atomic E-state index is -0.457. The number of aryl methyl sites for hydroxylation is 1. The van der Waals surface area contributed by atoms with E-state index >= 15 is 0 Å². The van der Waals surface area contributed by atoms with Crippen LogP contribution in [0.2, 0.25) is 0 Å². The molecule has 0 fully saturated rings. The second-order valence-electron chi connectivity index (χ2n) is 4.91. The molecule has 112 valence electrons. The van der Waals surface area contributed by atoms with Gasteiger partial charge in [-0.25, -0.2) is 4.79 Å². The van der Waals surface area contributed by atoms with Gasteiger partial charge in [0, 0.05) is 24.3 Å². The molecule has 6 nitrogen and oxygen atoms in total. The molecule has 0 unspecified atom stereocenters. The lowest BCUT2D eigenvalue weighted by molar-refractivity contribution is -0.116. The third-order valence-corrected chi connectivity index (χ3v) is 3.33. The maximum Gasteiger partial charge on any atom is 0.419 e. The lowest BCUT2D eigenvalue weighted by atomic mass is 10.2. The van der Waals surface area contributed by atoms with Crippen LogP contribution in [0.15, 0.2) is 57.7 Å². The smallest absolute Gasteiger partial charge is 0.408 e. The Morgan fingerprint density at radius 3 is 2.64 bits per heavy atom. The molecule has 2 aromatic carbocycles. The molecule has 3 aromatic rings. The van der Waals surface area contributed by atoms with E-state index in [0.717, 1.165) is 0 Å². The maximum atomic E-state index is 12.0. The SMILES string of the molecule is Nc1ccc(NC(=O)CCn2c(=O)oc3ccccc32)cc1. The number of nitrogens with two attached hydrogens (primary N) is 1. The number of hydrogen-bond acceptors (Lipinski definition) is 4. The second-order valence-corrected chi connectivity index (χ2v) is 4.91. The van der Waals surface area contributed by atoms with Gasteiger partial charge in [0.25, 0.3) is 0 Å². The Balaban J connectivity index is 1.68. The number of oxazole rings is 1. The van der Waals surface area contributed by atoms with E-state index in [1.165, 1.54) is 4.57 Å². The van der Waals surface area contributed by atoms with Gasteiger partial charge in [0.1, 0.15) is 0 Å². The number of anilines is 2. The molecule has 1 aromatic heterocycles. The number of benzene rings is 2. The van der Waals surface area contributed by atoms with Gasteiger partial charge in [0.15, 0.2) is 5.58 Å². The highest BCUT2D eigenvalue weighted by molar-refractivity contribution is 5.90. The highest BCUT2D eigenvalue weighted by Crippen LogP contribution is 2.13. The zero-order valence-corrected chi connectivity index (χ0v) is 11.8. The van der Waals surface area contributed by atoms with E-state index in [1.807, 2.05) is 6.07 Å². The Hall–Kier alpha value is -3.02. The molecule has 3 N–H and O–H groups in total. The van der Waals surface area contributed by atoms with Crippen molar-refractivity contribution in [3.63, 3.8) is 0 Å². The van der Waals surface area contributed by atoms with Crippen molar-refractivity contribution in [1.29, 1.82) is 0 Å². The summed E-state index contributed by atoms with van der Waals surface area (Å²) in [4.78, 5) is 23.7. The summed E-state index contributed by atoms with van der Waals surface area (Å²) < 4.78 is 6.58. The summed E-state index contributed by atoms with van der Waals surface area (Å²) in [6.07, 6.45) is 0.174. The Kier molecular flexibility index (Phi) is 3.65. The predicted octanol–water partition coefficient (Wildman–Crippen LogP) is 2.21. The Morgan fingerprint density at radius 2 is 1.86 bits per heavy atom. The van der Waals surface area contributed by atoms with Gasteiger partial charge >= 0.3 is 5.76 Å². The van der Waals surface area contributed by atoms with Crippen LogP contribution in [0.5, 0.6) is 0 Å². The molecule has 0 spiro atoms. The van der Waals surface area contributed by atoms with Gasteiger partial charge in [0.05, 0.1) is 5.52 Å². The zero-order valence-electron chi connectivity index (χ0n) is 11.8. The minimum absolute atomic E-state index is 0.174. The first kappa shape index (κ1) is 13.9. The fourth-order valence-corrected chi connectivity index (χ4v) is 2.23. The summed E-state index contributed by atoms with van der Waals surface area (Å²) in [5, 5.41) is 2.76. The van der Waals surface area contributed by atoms with Gasteiger partial charge in [-0.2, -0.15) is 0 Å². The zero-order chi connectivity index (χ0) is 15.5. The molecule has 0 saturated carbocycles. The molecule has 3 rings (SSSR count). The van der Waals surface area contributed by atoms with Gasteiger partial charge in [-0.1, -0.05) is 12.1 Å². The quantitative estimate of drug-likeness (QED) is 0.722. The molecule has 1 amide bonds. The number of nitrogen functional groups attached to an aromatic ring is 1. The van der Waals surface area contributed by atoms with Crippen LogP contribution in [0.4, 0.5) is 11.4 Å². The summed E-state index contributed by atoms with van der Waals surface area (Å²) in [5.41, 5.74) is 8.10. The molecule has 0 aliphatic heterocycles. The monoisotopic (exact) mass is 297 g/mol. The van der Waals surface area contributed by atoms with Crippen LogP contribution in [0.3, 0.4) is 0 Å². The van der Waals surface area contributed by atoms with E-state index < -0.39 is 5.76 Å². The van der Waals surface area contributed by atoms with E-state index in [0.29, 0.717) is 22.5 Å². The number of nitrogens with one attached hydrogen (secondary N) is 1. The van der Waals surface area contributed by atoms with Crippen molar-refractivity contribution in [2.45, 2.75) is 13.0 Å². The first-order valence-corrected chi connectivity index (χ1v) is 6.87. The molecule has 0 aliphatic carbocycles. The van der Waals surface area contributed by atoms with Crippen molar-refractivity contribution < 1.29 is 9.21 Å². The van der Waals surface area contributed by atoms with Crippen molar-refractivity contribution in [1.82, 2.24) is 4.57 Å². The van der Waals surface area contributed by atoms with Crippen LogP contribution in [0, 0.1) is 0 Å². The average Bonchev–Trinajstić information content (AvgIpc) is 2.83. The molecule has 0 aliphatic rings. The first-order chi connectivity index (χ1) is 10.6. The van der Waals surface area contributed by atoms with Crippen molar-refractivity contribution in [2.75, 3.05) is 11.1 Å². The van der Waals surface area contributed by atoms with Gasteiger partial charge in [-0.15, -0.1) is 0 Å². The lowest BCUT2D eigenvalue weighted by Crippen LogP contribution is -2.19. The van der Waals surface area contributed by atoms with E-state index in [1.54, 1.807) is 42.5 Å². The number of rotatable bonds is 4. The predicted molar refractivity (Wildman–Crippen MR) is 84.6 cm³/mol. The number of aromatic nitrogens is 1. The number of amides is 1. The molecular formula is C16H15N3O3. The van der Waals surface area contributed by atoms with Crippen LogP contribution in [0.25, 0.3) is 11.1 Å². The van der Waals surface area contributed by atoms with E-state index in [4.69, 9.17) is 10.2 Å². The number of fused-ring (bicyclic) bond motifs is 1. The molecule has 0 saturated heterocycles. The third-order valence-electron chi connectivity index (χ3n) is 3.33. The third kappa shape index (κ3) is 2.85. The normalized spacial score (nSPS) is 10.7. The van der Waals surface area contributed by atoms with Crippen LogP contribution in [-0.4, -0.2) is 10.5 Å². The summed E-state index contributed by atoms with van der Waals surface area (Å²) in [6, 6.07) is 14.0. The number of carbonyl (C=O) groups excluding carboxylic acids is 1. The first-order valence-electron chi connectivity index (χ1n) is 6.87. The van der Waals surface area contributed by atoms with Crippen LogP contribution in [-0.2, 0) is 11.3 Å². The standard InChI is InChI=1S/C16H15N3O3/c17-11-5-7-12(8-6-11)18-15(20)9-10-19-13-3-1-2-4-14(13)22-16(19)21/h1-8H,9-10,17H2,(H,18,20). The highest BCUT2D eigenvalue weighted by Gasteiger charge is 2.10. The molecule has 1 heterocycles. The van der Waals surface area contributed by atoms with Crippen LogP contribution in [0.1, 0.15) is 6.42 Å². The van der Waals surface area contributed by atoms with Gasteiger partial charge in [0.2, 0.25) is 5.91 Å². The van der Waals surface area contributed by atoms with E-state index in [2.05, 4.69) is 5.32 Å². The number of carbonyl (C=O) groups is 1. The largest absolute Gasteiger partial charge is 0.419 e. The summed E-state index contributed by atoms with van der Waals surface area (Å²) >= 11 is 0. The summed E-state index contributed by atoms with van der Waals surface area (Å²) in [7, 11) is 0. The van der Waals surface area contributed by atoms with Crippen molar-refractivity contribution >= 4 is 28.4 Å². The summed E-state index contributed by atoms with van der Waals surface area (Å²) in [6.45, 7) is 0.261. The van der Waals surface area contributed by atoms with Gasteiger partial charge < -0.3 is 15.5 Å². The number of nitrogens with zero attached hydrogens (tertiary/aromatic N) is 1. The van der Waals surface area contributed by atoms with Crippen LogP contribution < -0.4 is 16.8 Å². The fourth-order valence-electron chi connectivity index (χ4n) is 2.23. The Labute approximate surface area is 126 Å². The van der Waals surface area contributed by atoms with Gasteiger partial charge in [-0.05, 0) is 36.4 Å². The Bertz CT molecular complexity index is 862. The van der Waals surface area contributed by atoms with Gasteiger partial charge in [-0.3, -0.25) is 9.36 Å².